The molecule has 3 N–H and O–H groups in total. The Balaban J connectivity index is 2.67. The first-order valence-corrected chi connectivity index (χ1v) is 5.39. The minimum Gasteiger partial charge on any atom is -0.372 e. The molecular formula is C14H12FNO2. The van der Waals surface area contributed by atoms with Gasteiger partial charge in [-0.3, -0.25) is 4.79 Å². The van der Waals surface area contributed by atoms with Gasteiger partial charge in [-0.05, 0) is 11.6 Å². The molecule has 0 aliphatic heterocycles. The van der Waals surface area contributed by atoms with E-state index < -0.39 is 17.3 Å². The molecule has 0 saturated carbocycles. The first kappa shape index (κ1) is 12.3. The Morgan fingerprint density at radius 3 is 2.17 bits per heavy atom. The van der Waals surface area contributed by atoms with Crippen LogP contribution in [0.25, 0.3) is 0 Å². The zero-order valence-corrected chi connectivity index (χ0v) is 9.51. The van der Waals surface area contributed by atoms with Crippen LogP contribution in [0.3, 0.4) is 0 Å². The number of aliphatic hydroxyl groups is 1. The lowest BCUT2D eigenvalue weighted by atomic mass is 9.85. The smallest absolute Gasteiger partial charge is 0.258 e. The molecule has 92 valence electrons. The Labute approximate surface area is 104 Å². The van der Waals surface area contributed by atoms with E-state index in [0.29, 0.717) is 0 Å². The van der Waals surface area contributed by atoms with Gasteiger partial charge in [-0.1, -0.05) is 48.5 Å². The molecule has 2 rings (SSSR count). The lowest BCUT2D eigenvalue weighted by Gasteiger charge is -2.25. The number of carbonyl (C=O) groups excluding carboxylic acids is 1. The van der Waals surface area contributed by atoms with E-state index in [4.69, 9.17) is 5.73 Å². The van der Waals surface area contributed by atoms with Gasteiger partial charge in [0.1, 0.15) is 5.82 Å². The van der Waals surface area contributed by atoms with E-state index >= 15 is 0 Å². The second-order valence-corrected chi connectivity index (χ2v) is 3.92. The summed E-state index contributed by atoms with van der Waals surface area (Å²) in [6.45, 7) is 0. The van der Waals surface area contributed by atoms with Crippen molar-refractivity contribution < 1.29 is 14.3 Å². The van der Waals surface area contributed by atoms with E-state index in [9.17, 15) is 14.3 Å². The van der Waals surface area contributed by atoms with Gasteiger partial charge in [-0.2, -0.15) is 0 Å². The molecule has 2 aromatic carbocycles. The maximum absolute atomic E-state index is 13.8. The van der Waals surface area contributed by atoms with Gasteiger partial charge < -0.3 is 10.8 Å². The highest BCUT2D eigenvalue weighted by atomic mass is 19.1. The van der Waals surface area contributed by atoms with Gasteiger partial charge in [0.15, 0.2) is 5.60 Å². The largest absolute Gasteiger partial charge is 0.372 e. The van der Waals surface area contributed by atoms with Gasteiger partial charge in [-0.15, -0.1) is 0 Å². The number of amides is 1. The molecule has 0 fully saturated rings. The third-order valence-corrected chi connectivity index (χ3v) is 2.81. The summed E-state index contributed by atoms with van der Waals surface area (Å²) < 4.78 is 13.8. The Morgan fingerprint density at radius 2 is 1.61 bits per heavy atom. The number of rotatable bonds is 3. The summed E-state index contributed by atoms with van der Waals surface area (Å²) >= 11 is 0. The van der Waals surface area contributed by atoms with Crippen LogP contribution < -0.4 is 5.73 Å². The summed E-state index contributed by atoms with van der Waals surface area (Å²) in [5.41, 5.74) is 3.18. The molecule has 1 atom stereocenters. The van der Waals surface area contributed by atoms with Crippen molar-refractivity contribution in [2.45, 2.75) is 5.60 Å². The summed E-state index contributed by atoms with van der Waals surface area (Å²) in [7, 11) is 0. The van der Waals surface area contributed by atoms with E-state index in [1.54, 1.807) is 18.2 Å². The van der Waals surface area contributed by atoms with Crippen molar-refractivity contribution in [3.05, 3.63) is 71.5 Å². The monoisotopic (exact) mass is 245 g/mol. The lowest BCUT2D eigenvalue weighted by Crippen LogP contribution is -2.42. The van der Waals surface area contributed by atoms with Crippen molar-refractivity contribution in [2.75, 3.05) is 0 Å². The van der Waals surface area contributed by atoms with Crippen LogP contribution in [-0.2, 0) is 10.4 Å². The van der Waals surface area contributed by atoms with Crippen LogP contribution in [0.5, 0.6) is 0 Å². The highest BCUT2D eigenvalue weighted by Gasteiger charge is 2.40. The Hall–Kier alpha value is -2.20. The number of carbonyl (C=O) groups is 1. The summed E-state index contributed by atoms with van der Waals surface area (Å²) in [4.78, 5) is 11.6. The second-order valence-electron chi connectivity index (χ2n) is 3.92. The number of primary amides is 1. The maximum atomic E-state index is 13.8. The number of halogens is 1. The summed E-state index contributed by atoms with van der Waals surface area (Å²) in [6, 6.07) is 13.6. The average molecular weight is 245 g/mol. The van der Waals surface area contributed by atoms with Crippen LogP contribution in [0, 0.1) is 5.82 Å². The number of nitrogens with two attached hydrogens (primary N) is 1. The fraction of sp³-hybridized carbons (Fsp3) is 0.0714. The van der Waals surface area contributed by atoms with Crippen LogP contribution in [0.2, 0.25) is 0 Å². The molecule has 1 unspecified atom stereocenters. The molecule has 0 heterocycles. The van der Waals surface area contributed by atoms with Crippen LogP contribution in [0.4, 0.5) is 4.39 Å². The Bertz CT molecular complexity index is 571. The molecule has 0 bridgehead atoms. The predicted molar refractivity (Wildman–Crippen MR) is 65.0 cm³/mol. The zero-order valence-electron chi connectivity index (χ0n) is 9.51. The van der Waals surface area contributed by atoms with E-state index in [-0.39, 0.29) is 11.1 Å². The maximum Gasteiger partial charge on any atom is 0.258 e. The summed E-state index contributed by atoms with van der Waals surface area (Å²) in [5.74, 6) is -1.69. The topological polar surface area (TPSA) is 63.3 Å². The molecule has 0 aliphatic rings. The minimum absolute atomic E-state index is 0.149. The van der Waals surface area contributed by atoms with Crippen LogP contribution >= 0.6 is 0 Å². The quantitative estimate of drug-likeness (QED) is 0.861. The fourth-order valence-electron chi connectivity index (χ4n) is 1.86. The first-order valence-electron chi connectivity index (χ1n) is 5.39. The Morgan fingerprint density at radius 1 is 1.06 bits per heavy atom. The molecule has 4 heteroatoms. The van der Waals surface area contributed by atoms with E-state index in [2.05, 4.69) is 0 Å². The molecule has 18 heavy (non-hydrogen) atoms. The van der Waals surface area contributed by atoms with Gasteiger partial charge in [0, 0.05) is 5.56 Å². The predicted octanol–water partition coefficient (Wildman–Crippen LogP) is 1.55. The van der Waals surface area contributed by atoms with Crippen molar-refractivity contribution in [3.8, 4) is 0 Å². The molecule has 1 amide bonds. The van der Waals surface area contributed by atoms with Gasteiger partial charge in [-0.25, -0.2) is 4.39 Å². The minimum atomic E-state index is -2.16. The van der Waals surface area contributed by atoms with Gasteiger partial charge in [0.05, 0.1) is 0 Å². The SMILES string of the molecule is NC(=O)C(O)(c1ccccc1)c1ccccc1F. The van der Waals surface area contributed by atoms with Crippen molar-refractivity contribution >= 4 is 5.91 Å². The molecule has 2 aromatic rings. The fourth-order valence-corrected chi connectivity index (χ4v) is 1.86. The molecule has 3 nitrogen and oxygen atoms in total. The van der Waals surface area contributed by atoms with Gasteiger partial charge >= 0.3 is 0 Å². The van der Waals surface area contributed by atoms with Gasteiger partial charge in [0.25, 0.3) is 5.91 Å². The van der Waals surface area contributed by atoms with Gasteiger partial charge in [0.2, 0.25) is 0 Å². The first-order chi connectivity index (χ1) is 8.56. The van der Waals surface area contributed by atoms with E-state index in [0.717, 1.165) is 0 Å². The average Bonchev–Trinajstić information content (AvgIpc) is 2.39. The highest BCUT2D eigenvalue weighted by molar-refractivity contribution is 5.88. The molecule has 0 spiro atoms. The third-order valence-electron chi connectivity index (χ3n) is 2.81. The van der Waals surface area contributed by atoms with E-state index in [1.165, 1.54) is 36.4 Å². The highest BCUT2D eigenvalue weighted by Crippen LogP contribution is 2.30. The van der Waals surface area contributed by atoms with Crippen molar-refractivity contribution in [2.24, 2.45) is 5.73 Å². The lowest BCUT2D eigenvalue weighted by molar-refractivity contribution is -0.133. The van der Waals surface area contributed by atoms with Crippen molar-refractivity contribution in [1.29, 1.82) is 0 Å². The van der Waals surface area contributed by atoms with Crippen LogP contribution in [-0.4, -0.2) is 11.0 Å². The summed E-state index contributed by atoms with van der Waals surface area (Å²) in [5, 5.41) is 10.5. The Kier molecular flexibility index (Phi) is 3.12. The number of hydrogen-bond acceptors (Lipinski definition) is 2. The molecule has 0 aliphatic carbocycles. The van der Waals surface area contributed by atoms with Crippen molar-refractivity contribution in [3.63, 3.8) is 0 Å². The summed E-state index contributed by atoms with van der Waals surface area (Å²) in [6.07, 6.45) is 0. The standard InChI is InChI=1S/C14H12FNO2/c15-12-9-5-4-8-11(12)14(18,13(16)17)10-6-2-1-3-7-10/h1-9,18H,(H2,16,17). The zero-order chi connectivity index (χ0) is 13.2. The normalized spacial score (nSPS) is 13.9. The number of benzene rings is 2. The van der Waals surface area contributed by atoms with Crippen LogP contribution in [0.1, 0.15) is 11.1 Å². The second kappa shape index (κ2) is 4.58. The molecule has 0 aromatic heterocycles. The molecule has 0 saturated heterocycles. The van der Waals surface area contributed by atoms with Crippen molar-refractivity contribution in [1.82, 2.24) is 0 Å². The van der Waals surface area contributed by atoms with Crippen LogP contribution in [0.15, 0.2) is 54.6 Å². The third kappa shape index (κ3) is 1.87. The van der Waals surface area contributed by atoms with E-state index in [1.807, 2.05) is 0 Å². The number of hydrogen-bond donors (Lipinski definition) is 2. The molecule has 0 radical (unpaired) electrons. The molecular weight excluding hydrogens is 233 g/mol.